The van der Waals surface area contributed by atoms with E-state index in [9.17, 15) is 4.79 Å². The maximum absolute atomic E-state index is 12.6. The summed E-state index contributed by atoms with van der Waals surface area (Å²) < 4.78 is 0. The van der Waals surface area contributed by atoms with Gasteiger partial charge in [-0.05, 0) is 30.9 Å². The zero-order chi connectivity index (χ0) is 20.3. The fraction of sp³-hybridized carbons (Fsp3) is 0.208. The van der Waals surface area contributed by atoms with Crippen LogP contribution < -0.4 is 10.6 Å². The molecule has 6 heteroatoms. The van der Waals surface area contributed by atoms with Crippen molar-refractivity contribution in [3.63, 3.8) is 0 Å². The van der Waals surface area contributed by atoms with Crippen LogP contribution in [0.1, 0.15) is 28.9 Å². The van der Waals surface area contributed by atoms with Crippen LogP contribution in [-0.4, -0.2) is 33.4 Å². The van der Waals surface area contributed by atoms with Gasteiger partial charge in [-0.15, -0.1) is 0 Å². The van der Waals surface area contributed by atoms with Crippen molar-refractivity contribution in [2.75, 3.05) is 11.9 Å². The van der Waals surface area contributed by atoms with Crippen LogP contribution >= 0.6 is 0 Å². The summed E-state index contributed by atoms with van der Waals surface area (Å²) in [5.41, 5.74) is 3.67. The van der Waals surface area contributed by atoms with Crippen molar-refractivity contribution in [1.29, 1.82) is 0 Å². The van der Waals surface area contributed by atoms with Crippen LogP contribution in [-0.2, 0) is 6.42 Å². The molecule has 5 rings (SSSR count). The summed E-state index contributed by atoms with van der Waals surface area (Å²) >= 11 is 0. The number of anilines is 1. The molecule has 4 aromatic rings. The molecule has 0 unspecified atom stereocenters. The molecule has 0 spiro atoms. The fourth-order valence-electron chi connectivity index (χ4n) is 3.52. The molecule has 150 valence electrons. The third-order valence-corrected chi connectivity index (χ3v) is 5.28. The average molecular weight is 397 g/mol. The number of hydrogen-bond acceptors (Lipinski definition) is 4. The second-order valence-electron chi connectivity index (χ2n) is 7.61. The van der Waals surface area contributed by atoms with E-state index in [-0.39, 0.29) is 11.9 Å². The number of H-pyrrole nitrogens is 1. The number of rotatable bonds is 7. The summed E-state index contributed by atoms with van der Waals surface area (Å²) in [4.78, 5) is 25.1. The minimum atomic E-state index is -0.142. The topological polar surface area (TPSA) is 82.7 Å². The van der Waals surface area contributed by atoms with Gasteiger partial charge < -0.3 is 15.6 Å². The Labute approximate surface area is 174 Å². The van der Waals surface area contributed by atoms with Gasteiger partial charge in [0.2, 0.25) is 0 Å². The number of fused-ring (bicyclic) bond motifs is 1. The van der Waals surface area contributed by atoms with E-state index in [0.29, 0.717) is 23.9 Å². The lowest BCUT2D eigenvalue weighted by molar-refractivity contribution is 0.0946. The van der Waals surface area contributed by atoms with Crippen LogP contribution in [0.25, 0.3) is 22.3 Å². The summed E-state index contributed by atoms with van der Waals surface area (Å²) in [6.45, 7) is 0.705. The van der Waals surface area contributed by atoms with E-state index in [1.165, 1.54) is 10.9 Å². The van der Waals surface area contributed by atoms with Crippen LogP contribution in [0.5, 0.6) is 0 Å². The van der Waals surface area contributed by atoms with E-state index >= 15 is 0 Å². The Morgan fingerprint density at radius 3 is 2.67 bits per heavy atom. The van der Waals surface area contributed by atoms with E-state index in [2.05, 4.69) is 50.0 Å². The number of para-hydroxylation sites is 1. The monoisotopic (exact) mass is 397 g/mol. The Bertz CT molecular complexity index is 1180. The number of amides is 1. The van der Waals surface area contributed by atoms with Crippen molar-refractivity contribution < 1.29 is 4.79 Å². The van der Waals surface area contributed by atoms with E-state index in [1.54, 1.807) is 6.07 Å². The van der Waals surface area contributed by atoms with Gasteiger partial charge in [0.25, 0.3) is 5.91 Å². The number of aromatic nitrogens is 3. The minimum absolute atomic E-state index is 0.142. The highest BCUT2D eigenvalue weighted by atomic mass is 16.2. The van der Waals surface area contributed by atoms with Gasteiger partial charge in [0.15, 0.2) is 5.82 Å². The molecule has 0 saturated heterocycles. The maximum atomic E-state index is 12.6. The molecule has 0 radical (unpaired) electrons. The number of nitrogens with zero attached hydrogens (tertiary/aromatic N) is 2. The third-order valence-electron chi connectivity index (χ3n) is 5.28. The largest absolute Gasteiger partial charge is 0.370 e. The number of aromatic amines is 1. The summed E-state index contributed by atoms with van der Waals surface area (Å²) in [6.07, 6.45) is 4.98. The van der Waals surface area contributed by atoms with Gasteiger partial charge in [0, 0.05) is 41.3 Å². The zero-order valence-corrected chi connectivity index (χ0v) is 16.6. The SMILES string of the molecule is O=C(NC1CC1)c1cc(NCCc2c[nH]c3ccccc23)nc(-c2ccccc2)n1. The van der Waals surface area contributed by atoms with Gasteiger partial charge in [0.1, 0.15) is 11.5 Å². The van der Waals surface area contributed by atoms with Crippen molar-refractivity contribution in [3.8, 4) is 11.4 Å². The summed E-state index contributed by atoms with van der Waals surface area (Å²) in [5, 5.41) is 7.62. The number of benzene rings is 2. The van der Waals surface area contributed by atoms with Crippen LogP contribution in [0, 0.1) is 0 Å². The Hall–Kier alpha value is -3.67. The number of nitrogens with one attached hydrogen (secondary N) is 3. The van der Waals surface area contributed by atoms with Gasteiger partial charge in [-0.3, -0.25) is 4.79 Å². The average Bonchev–Trinajstić information content (AvgIpc) is 3.51. The minimum Gasteiger partial charge on any atom is -0.370 e. The molecule has 1 aliphatic carbocycles. The highest BCUT2D eigenvalue weighted by molar-refractivity contribution is 5.93. The lowest BCUT2D eigenvalue weighted by Gasteiger charge is -2.10. The first kappa shape index (κ1) is 18.4. The molecule has 30 heavy (non-hydrogen) atoms. The molecule has 0 aliphatic heterocycles. The summed E-state index contributed by atoms with van der Waals surface area (Å²) in [7, 11) is 0. The molecule has 2 aromatic carbocycles. The highest BCUT2D eigenvalue weighted by Crippen LogP contribution is 2.22. The van der Waals surface area contributed by atoms with Crippen molar-refractivity contribution in [1.82, 2.24) is 20.3 Å². The zero-order valence-electron chi connectivity index (χ0n) is 16.6. The first-order valence-electron chi connectivity index (χ1n) is 10.3. The predicted molar refractivity (Wildman–Crippen MR) is 118 cm³/mol. The maximum Gasteiger partial charge on any atom is 0.270 e. The molecule has 1 aliphatic rings. The van der Waals surface area contributed by atoms with Crippen molar-refractivity contribution in [3.05, 3.63) is 78.1 Å². The number of carbonyl (C=O) groups is 1. The van der Waals surface area contributed by atoms with Crippen molar-refractivity contribution >= 4 is 22.6 Å². The quantitative estimate of drug-likeness (QED) is 0.437. The van der Waals surface area contributed by atoms with E-state index in [4.69, 9.17) is 0 Å². The normalized spacial score (nSPS) is 13.3. The van der Waals surface area contributed by atoms with Crippen LogP contribution in [0.2, 0.25) is 0 Å². The number of hydrogen-bond donors (Lipinski definition) is 3. The molecule has 1 fully saturated rings. The Kier molecular flexibility index (Phi) is 4.89. The van der Waals surface area contributed by atoms with Crippen LogP contribution in [0.4, 0.5) is 5.82 Å². The van der Waals surface area contributed by atoms with E-state index < -0.39 is 0 Å². The molecular weight excluding hydrogens is 374 g/mol. The molecule has 1 amide bonds. The molecule has 0 bridgehead atoms. The molecular formula is C24H23N5O. The summed E-state index contributed by atoms with van der Waals surface area (Å²) in [6, 6.07) is 20.0. The molecule has 2 aromatic heterocycles. The van der Waals surface area contributed by atoms with Crippen LogP contribution in [0.3, 0.4) is 0 Å². The Morgan fingerprint density at radius 2 is 1.83 bits per heavy atom. The third kappa shape index (κ3) is 4.03. The van der Waals surface area contributed by atoms with E-state index in [1.807, 2.05) is 36.4 Å². The number of carbonyl (C=O) groups excluding carboxylic acids is 1. The Morgan fingerprint density at radius 1 is 1.03 bits per heavy atom. The highest BCUT2D eigenvalue weighted by Gasteiger charge is 2.25. The fourth-order valence-corrected chi connectivity index (χ4v) is 3.52. The van der Waals surface area contributed by atoms with Gasteiger partial charge in [0.05, 0.1) is 0 Å². The van der Waals surface area contributed by atoms with Gasteiger partial charge >= 0.3 is 0 Å². The smallest absolute Gasteiger partial charge is 0.270 e. The van der Waals surface area contributed by atoms with Gasteiger partial charge in [-0.1, -0.05) is 48.5 Å². The molecule has 2 heterocycles. The summed E-state index contributed by atoms with van der Waals surface area (Å²) in [5.74, 6) is 1.06. The van der Waals surface area contributed by atoms with Gasteiger partial charge in [-0.2, -0.15) is 0 Å². The first-order valence-corrected chi connectivity index (χ1v) is 10.3. The van der Waals surface area contributed by atoms with E-state index in [0.717, 1.165) is 30.3 Å². The second kappa shape index (κ2) is 7.99. The second-order valence-corrected chi connectivity index (χ2v) is 7.61. The molecule has 1 saturated carbocycles. The lowest BCUT2D eigenvalue weighted by atomic mass is 10.1. The Balaban J connectivity index is 1.36. The van der Waals surface area contributed by atoms with Crippen molar-refractivity contribution in [2.45, 2.75) is 25.3 Å². The molecule has 0 atom stereocenters. The first-order chi connectivity index (χ1) is 14.8. The lowest BCUT2D eigenvalue weighted by Crippen LogP contribution is -2.26. The standard InChI is InChI=1S/C24H23N5O/c30-24(27-18-10-11-18)21-14-22(29-23(28-21)16-6-2-1-3-7-16)25-13-12-17-15-26-20-9-5-4-8-19(17)20/h1-9,14-15,18,26H,10-13H2,(H,27,30)(H,25,28,29). The molecule has 3 N–H and O–H groups in total. The van der Waals surface area contributed by atoms with Crippen molar-refractivity contribution in [2.24, 2.45) is 0 Å². The van der Waals surface area contributed by atoms with Crippen LogP contribution in [0.15, 0.2) is 66.9 Å². The predicted octanol–water partition coefficient (Wildman–Crippen LogP) is 4.17. The van der Waals surface area contributed by atoms with Gasteiger partial charge in [-0.25, -0.2) is 9.97 Å². The molecule has 6 nitrogen and oxygen atoms in total.